The summed E-state index contributed by atoms with van der Waals surface area (Å²) in [5.74, 6) is -1.41. The zero-order valence-corrected chi connectivity index (χ0v) is 34.7. The molecule has 14 nitrogen and oxygen atoms in total. The van der Waals surface area contributed by atoms with E-state index in [0.29, 0.717) is 52.5 Å². The van der Waals surface area contributed by atoms with Gasteiger partial charge < -0.3 is 25.6 Å². The number of nitrogens with zero attached hydrogens (tertiary/aromatic N) is 6. The van der Waals surface area contributed by atoms with Gasteiger partial charge in [0.2, 0.25) is 11.8 Å². The number of nitrogens with one attached hydrogen (secondary N) is 2. The lowest BCUT2D eigenvalue weighted by atomic mass is 9.98. The van der Waals surface area contributed by atoms with Crippen LogP contribution in [0, 0.1) is 11.7 Å². The molecule has 6 heterocycles. The van der Waals surface area contributed by atoms with Crippen molar-refractivity contribution in [3.05, 3.63) is 87.5 Å². The Bertz CT molecular complexity index is 2280. The molecular formula is C43H48Cl2FN9O5. The van der Waals surface area contributed by atoms with Crippen LogP contribution >= 0.6 is 23.2 Å². The first-order valence-electron chi connectivity index (χ1n) is 20.6. The lowest BCUT2D eigenvalue weighted by Crippen LogP contribution is -2.54. The van der Waals surface area contributed by atoms with Crippen molar-refractivity contribution in [2.75, 3.05) is 63.5 Å². The lowest BCUT2D eigenvalue weighted by Gasteiger charge is -2.39. The van der Waals surface area contributed by atoms with Gasteiger partial charge in [0.05, 0.1) is 35.0 Å². The predicted octanol–water partition coefficient (Wildman–Crippen LogP) is 5.85. The number of benzene rings is 2. The number of amides is 4. The van der Waals surface area contributed by atoms with Crippen molar-refractivity contribution < 1.29 is 28.3 Å². The molecule has 3 fully saturated rings. The van der Waals surface area contributed by atoms with Gasteiger partial charge in [0.1, 0.15) is 11.9 Å². The number of piperidine rings is 2. The van der Waals surface area contributed by atoms with E-state index in [1.165, 1.54) is 18.6 Å². The van der Waals surface area contributed by atoms with Gasteiger partial charge in [-0.3, -0.25) is 34.1 Å². The summed E-state index contributed by atoms with van der Waals surface area (Å²) in [6.07, 6.45) is 11.7. The molecule has 0 aliphatic carbocycles. The number of anilines is 2. The highest BCUT2D eigenvalue weighted by molar-refractivity contribution is 6.36. The number of hydrogen-bond donors (Lipinski definition) is 3. The minimum atomic E-state index is -0.979. The first-order chi connectivity index (χ1) is 29.0. The fourth-order valence-corrected chi connectivity index (χ4v) is 9.20. The summed E-state index contributed by atoms with van der Waals surface area (Å²) in [5.41, 5.74) is 9.53. The topological polar surface area (TPSA) is 168 Å². The van der Waals surface area contributed by atoms with Crippen LogP contribution < -0.4 is 21.1 Å². The Morgan fingerprint density at radius 1 is 0.933 bits per heavy atom. The number of rotatable bonds is 16. The van der Waals surface area contributed by atoms with Gasteiger partial charge in [0.25, 0.3) is 11.8 Å². The summed E-state index contributed by atoms with van der Waals surface area (Å²) in [4.78, 5) is 60.9. The first kappa shape index (κ1) is 41.6. The molecule has 4 aliphatic rings. The number of halogens is 3. The largest absolute Gasteiger partial charge is 0.489 e. The predicted molar refractivity (Wildman–Crippen MR) is 226 cm³/mol. The molecule has 4 amide bonds. The SMILES string of the molecule is Nc1ncc(-c2cnn(C3CCN(CCCCCN4CC(CNc5cccc6c5C(=O)N([C@@H]5CCC(=O)NC5=O)C6=O)C4)CC3)c2)cc1OCCc1c(Cl)ccc(F)c1Cl. The zero-order chi connectivity index (χ0) is 41.9. The van der Waals surface area contributed by atoms with Crippen LogP contribution in [0.5, 0.6) is 5.75 Å². The number of likely N-dealkylation sites (tertiary alicyclic amines) is 2. The molecule has 0 spiro atoms. The summed E-state index contributed by atoms with van der Waals surface area (Å²) in [6.45, 7) is 7.04. The van der Waals surface area contributed by atoms with Crippen LogP contribution in [0.25, 0.3) is 11.1 Å². The van der Waals surface area contributed by atoms with E-state index in [1.54, 1.807) is 24.4 Å². The van der Waals surface area contributed by atoms with E-state index < -0.39 is 35.5 Å². The van der Waals surface area contributed by atoms with Gasteiger partial charge in [-0.15, -0.1) is 0 Å². The van der Waals surface area contributed by atoms with Crippen LogP contribution in [0.4, 0.5) is 15.9 Å². The van der Waals surface area contributed by atoms with Crippen molar-refractivity contribution in [1.82, 2.24) is 34.8 Å². The lowest BCUT2D eigenvalue weighted by molar-refractivity contribution is -0.136. The van der Waals surface area contributed by atoms with Crippen LogP contribution in [-0.2, 0) is 16.0 Å². The number of ether oxygens (including phenoxy) is 1. The van der Waals surface area contributed by atoms with Gasteiger partial charge in [-0.2, -0.15) is 5.10 Å². The highest BCUT2D eigenvalue weighted by atomic mass is 35.5. The number of aromatic nitrogens is 3. The van der Waals surface area contributed by atoms with Crippen molar-refractivity contribution in [3.8, 4) is 16.9 Å². The van der Waals surface area contributed by atoms with E-state index in [4.69, 9.17) is 38.8 Å². The number of pyridine rings is 1. The number of carbonyl (C=O) groups is 4. The summed E-state index contributed by atoms with van der Waals surface area (Å²) in [5, 5.41) is 10.7. The molecule has 0 radical (unpaired) electrons. The number of imide groups is 2. The summed E-state index contributed by atoms with van der Waals surface area (Å²) in [7, 11) is 0. The molecule has 0 bridgehead atoms. The third-order valence-corrected chi connectivity index (χ3v) is 12.8. The van der Waals surface area contributed by atoms with E-state index in [-0.39, 0.29) is 35.9 Å². The van der Waals surface area contributed by atoms with Crippen molar-refractivity contribution in [2.45, 2.75) is 63.5 Å². The number of fused-ring (bicyclic) bond motifs is 1. The first-order valence-corrected chi connectivity index (χ1v) is 21.4. The van der Waals surface area contributed by atoms with Crippen LogP contribution in [0.2, 0.25) is 10.0 Å². The summed E-state index contributed by atoms with van der Waals surface area (Å²) >= 11 is 12.3. The monoisotopic (exact) mass is 859 g/mol. The number of hydrogen-bond acceptors (Lipinski definition) is 11. The highest BCUT2D eigenvalue weighted by Gasteiger charge is 2.45. The second-order valence-corrected chi connectivity index (χ2v) is 16.8. The summed E-state index contributed by atoms with van der Waals surface area (Å²) in [6, 6.07) is 9.05. The maximum Gasteiger partial charge on any atom is 0.264 e. The number of nitrogen functional groups attached to an aromatic ring is 1. The molecule has 3 saturated heterocycles. The van der Waals surface area contributed by atoms with Gasteiger partial charge in [-0.25, -0.2) is 9.37 Å². The molecule has 4 N–H and O–H groups in total. The standard InChI is InChI=1S/C43H48Cl2FN9O5/c44-32-7-8-33(46)39(45)30(32)13-18-60-36-19-27(21-49-40(36)47)28-22-50-54(25-28)29-11-16-52(17-12-29)14-2-1-3-15-53-23-26(24-53)20-48-34-6-4-5-31-38(34)43(59)55(42(31)58)35-9-10-37(56)51-41(35)57/h4-8,19,21-22,25-26,29,35,48H,1-3,9-18,20,23-24H2,(H2,47,49)(H,51,56,57)/t35-/m1/s1. The van der Waals surface area contributed by atoms with Gasteiger partial charge in [-0.1, -0.05) is 35.7 Å². The molecule has 2 aromatic heterocycles. The Labute approximate surface area is 357 Å². The Hall–Kier alpha value is -5.09. The molecule has 1 atom stereocenters. The molecule has 316 valence electrons. The van der Waals surface area contributed by atoms with E-state index in [2.05, 4.69) is 36.3 Å². The van der Waals surface area contributed by atoms with Crippen LogP contribution in [0.1, 0.15) is 77.3 Å². The molecule has 0 saturated carbocycles. The minimum Gasteiger partial charge on any atom is -0.489 e. The van der Waals surface area contributed by atoms with Crippen molar-refractivity contribution in [1.29, 1.82) is 0 Å². The third kappa shape index (κ3) is 8.99. The van der Waals surface area contributed by atoms with Crippen molar-refractivity contribution in [3.63, 3.8) is 0 Å². The second-order valence-electron chi connectivity index (χ2n) is 16.1. The van der Waals surface area contributed by atoms with E-state index >= 15 is 0 Å². The zero-order valence-electron chi connectivity index (χ0n) is 33.2. The molecule has 17 heteroatoms. The normalized spacial score (nSPS) is 19.1. The Morgan fingerprint density at radius 2 is 1.72 bits per heavy atom. The molecule has 2 aromatic carbocycles. The summed E-state index contributed by atoms with van der Waals surface area (Å²) < 4.78 is 21.9. The fraction of sp³-hybridized carbons (Fsp3) is 0.442. The highest BCUT2D eigenvalue weighted by Crippen LogP contribution is 2.34. The van der Waals surface area contributed by atoms with Gasteiger partial charge in [0, 0.05) is 85.7 Å². The minimum absolute atomic E-state index is 0.00907. The van der Waals surface area contributed by atoms with Crippen LogP contribution in [-0.4, -0.2) is 112 Å². The van der Waals surface area contributed by atoms with Gasteiger partial charge in [0.15, 0.2) is 11.6 Å². The molecular weight excluding hydrogens is 812 g/mol. The fourth-order valence-electron chi connectivity index (χ4n) is 8.64. The molecule has 8 rings (SSSR count). The smallest absolute Gasteiger partial charge is 0.264 e. The maximum absolute atomic E-state index is 13.9. The van der Waals surface area contributed by atoms with Crippen LogP contribution in [0.3, 0.4) is 0 Å². The van der Waals surface area contributed by atoms with Gasteiger partial charge >= 0.3 is 0 Å². The molecule has 4 aromatic rings. The second kappa shape index (κ2) is 18.3. The average Bonchev–Trinajstić information content (AvgIpc) is 3.82. The molecule has 4 aliphatic heterocycles. The number of nitrogens with two attached hydrogens (primary N) is 1. The van der Waals surface area contributed by atoms with Crippen molar-refractivity contribution in [2.24, 2.45) is 5.92 Å². The Balaban J connectivity index is 0.713. The van der Waals surface area contributed by atoms with E-state index in [9.17, 15) is 23.6 Å². The number of unbranched alkanes of at least 4 members (excludes halogenated alkanes) is 2. The number of carbonyl (C=O) groups excluding carboxylic acids is 4. The van der Waals surface area contributed by atoms with Crippen LogP contribution in [0.15, 0.2) is 55.0 Å². The molecule has 0 unspecified atom stereocenters. The third-order valence-electron chi connectivity index (χ3n) is 12.0. The molecule has 60 heavy (non-hydrogen) atoms. The average molecular weight is 861 g/mol. The quantitative estimate of drug-likeness (QED) is 0.0703. The van der Waals surface area contributed by atoms with E-state index in [0.717, 1.165) is 81.0 Å². The Kier molecular flexibility index (Phi) is 12.7. The maximum atomic E-state index is 13.9. The van der Waals surface area contributed by atoms with E-state index in [1.807, 2.05) is 12.3 Å². The van der Waals surface area contributed by atoms with Crippen molar-refractivity contribution >= 4 is 58.3 Å². The van der Waals surface area contributed by atoms with Gasteiger partial charge in [-0.05, 0) is 81.1 Å². The Morgan fingerprint density at radius 3 is 2.50 bits per heavy atom.